The molecule has 0 saturated carbocycles. The summed E-state index contributed by atoms with van der Waals surface area (Å²) >= 11 is 0. The Hall–Kier alpha value is -0.840. The molecule has 0 aromatic heterocycles. The van der Waals surface area contributed by atoms with E-state index in [1.54, 1.807) is 6.92 Å². The van der Waals surface area contributed by atoms with Crippen molar-refractivity contribution in [2.24, 2.45) is 0 Å². The van der Waals surface area contributed by atoms with Gasteiger partial charge >= 0.3 is 0 Å². The van der Waals surface area contributed by atoms with Gasteiger partial charge in [-0.2, -0.15) is 0 Å². The fourth-order valence-corrected chi connectivity index (χ4v) is 5.91. The van der Waals surface area contributed by atoms with Crippen LogP contribution in [0, 0.1) is 0 Å². The molecule has 0 aliphatic heterocycles. The number of sulfone groups is 1. The van der Waals surface area contributed by atoms with Gasteiger partial charge in [-0.05, 0) is 24.3 Å². The first-order valence-electron chi connectivity index (χ1n) is 5.05. The van der Waals surface area contributed by atoms with E-state index in [-0.39, 0.29) is 11.1 Å². The van der Waals surface area contributed by atoms with Gasteiger partial charge in [0.05, 0.1) is 4.90 Å². The molecule has 5 nitrogen and oxygen atoms in total. The van der Waals surface area contributed by atoms with Crippen LogP contribution < -0.4 is 5.73 Å². The Morgan fingerprint density at radius 1 is 1.29 bits per heavy atom. The van der Waals surface area contributed by atoms with Crippen molar-refractivity contribution in [3.63, 3.8) is 0 Å². The normalized spacial score (nSPS) is 15.4. The lowest BCUT2D eigenvalue weighted by molar-refractivity contribution is 0.398. The van der Waals surface area contributed by atoms with Crippen molar-refractivity contribution in [3.05, 3.63) is 24.3 Å². The summed E-state index contributed by atoms with van der Waals surface area (Å²) in [5.41, 5.74) is 5.48. The number of hydrogen-bond donors (Lipinski definition) is 1. The molecule has 0 spiro atoms. The van der Waals surface area contributed by atoms with Gasteiger partial charge in [0, 0.05) is 19.0 Å². The summed E-state index contributed by atoms with van der Waals surface area (Å²) in [7, 11) is -5.44. The Morgan fingerprint density at radius 2 is 1.82 bits per heavy atom. The maximum Gasteiger partial charge on any atom is 0.217 e. The maximum atomic E-state index is 12.0. The molecule has 96 valence electrons. The van der Waals surface area contributed by atoms with E-state index in [1.807, 2.05) is 0 Å². The first kappa shape index (κ1) is 14.2. The Kier molecular flexibility index (Phi) is 4.36. The van der Waals surface area contributed by atoms with Crippen LogP contribution in [0.15, 0.2) is 29.2 Å². The van der Waals surface area contributed by atoms with Crippen LogP contribution in [0.4, 0.5) is 5.69 Å². The molecular formula is C10H16NO4PS. The third-order valence-corrected chi connectivity index (χ3v) is 7.97. The SMILES string of the molecule is CCP(=O)(CS(=O)(=O)c1ccc(N)cc1)OC. The van der Waals surface area contributed by atoms with Crippen LogP contribution in [0.3, 0.4) is 0 Å². The second kappa shape index (κ2) is 5.21. The van der Waals surface area contributed by atoms with E-state index >= 15 is 0 Å². The summed E-state index contributed by atoms with van der Waals surface area (Å²) in [6.07, 6.45) is 0.192. The molecule has 1 aromatic carbocycles. The van der Waals surface area contributed by atoms with Crippen LogP contribution in [-0.4, -0.2) is 27.2 Å². The quantitative estimate of drug-likeness (QED) is 0.656. The minimum atomic E-state index is -3.60. The van der Waals surface area contributed by atoms with Gasteiger partial charge in [0.1, 0.15) is 5.49 Å². The molecule has 0 radical (unpaired) electrons. The van der Waals surface area contributed by atoms with Gasteiger partial charge < -0.3 is 10.3 Å². The van der Waals surface area contributed by atoms with E-state index in [9.17, 15) is 13.0 Å². The van der Waals surface area contributed by atoms with E-state index in [0.29, 0.717) is 5.69 Å². The topological polar surface area (TPSA) is 86.5 Å². The largest absolute Gasteiger partial charge is 0.399 e. The van der Waals surface area contributed by atoms with Crippen molar-refractivity contribution >= 4 is 22.9 Å². The molecule has 2 N–H and O–H groups in total. The van der Waals surface area contributed by atoms with Crippen molar-refractivity contribution in [2.75, 3.05) is 24.5 Å². The van der Waals surface area contributed by atoms with E-state index in [1.165, 1.54) is 31.4 Å². The first-order valence-corrected chi connectivity index (χ1v) is 8.70. The molecule has 0 heterocycles. The molecule has 0 saturated heterocycles. The standard InChI is InChI=1S/C10H16NO4PS/c1-3-16(12,15-2)8-17(13,14)10-6-4-9(11)5-7-10/h4-7H,3,8,11H2,1-2H3. The number of nitrogen functional groups attached to an aromatic ring is 1. The molecular weight excluding hydrogens is 261 g/mol. The van der Waals surface area contributed by atoms with Crippen molar-refractivity contribution < 1.29 is 17.5 Å². The van der Waals surface area contributed by atoms with Gasteiger partial charge in [-0.3, -0.25) is 4.57 Å². The lowest BCUT2D eigenvalue weighted by Crippen LogP contribution is -2.09. The smallest absolute Gasteiger partial charge is 0.217 e. The highest BCUT2D eigenvalue weighted by Gasteiger charge is 2.28. The van der Waals surface area contributed by atoms with Crippen molar-refractivity contribution in [1.82, 2.24) is 0 Å². The van der Waals surface area contributed by atoms with Gasteiger partial charge in [-0.15, -0.1) is 0 Å². The maximum absolute atomic E-state index is 12.0. The minimum absolute atomic E-state index is 0.109. The minimum Gasteiger partial charge on any atom is -0.399 e. The lowest BCUT2D eigenvalue weighted by Gasteiger charge is -2.14. The van der Waals surface area contributed by atoms with Crippen LogP contribution in [0.5, 0.6) is 0 Å². The first-order chi connectivity index (χ1) is 7.83. The van der Waals surface area contributed by atoms with Crippen LogP contribution in [-0.2, 0) is 18.9 Å². The monoisotopic (exact) mass is 277 g/mol. The highest BCUT2D eigenvalue weighted by atomic mass is 32.2. The zero-order valence-electron chi connectivity index (χ0n) is 9.79. The summed E-state index contributed by atoms with van der Waals surface area (Å²) in [5, 5.41) is 0. The summed E-state index contributed by atoms with van der Waals surface area (Å²) in [4.78, 5) is 0.109. The second-order valence-corrected chi connectivity index (χ2v) is 8.99. The molecule has 17 heavy (non-hydrogen) atoms. The summed E-state index contributed by atoms with van der Waals surface area (Å²) in [6.45, 7) is 1.64. The molecule has 0 amide bonds. The molecule has 7 heteroatoms. The molecule has 1 aromatic rings. The predicted octanol–water partition coefficient (Wildman–Crippen LogP) is 1.94. The molecule has 0 aliphatic carbocycles. The van der Waals surface area contributed by atoms with Crippen LogP contribution >= 0.6 is 7.37 Å². The van der Waals surface area contributed by atoms with Gasteiger partial charge in [0.15, 0.2) is 9.84 Å². The predicted molar refractivity (Wildman–Crippen MR) is 68.1 cm³/mol. The van der Waals surface area contributed by atoms with E-state index in [2.05, 4.69) is 0 Å². The third-order valence-electron chi connectivity index (χ3n) is 2.42. The van der Waals surface area contributed by atoms with Gasteiger partial charge in [-0.1, -0.05) is 6.92 Å². The average molecular weight is 277 g/mol. The number of anilines is 1. The fourth-order valence-electron chi connectivity index (χ4n) is 1.28. The number of benzene rings is 1. The molecule has 1 rings (SSSR count). The van der Waals surface area contributed by atoms with Gasteiger partial charge in [0.25, 0.3) is 0 Å². The summed E-state index contributed by atoms with van der Waals surface area (Å²) in [5.74, 6) is 0. The average Bonchev–Trinajstić information content (AvgIpc) is 2.29. The Balaban J connectivity index is 3.05. The number of nitrogens with two attached hydrogens (primary N) is 1. The molecule has 0 aliphatic rings. The Labute approximate surface area is 101 Å². The van der Waals surface area contributed by atoms with E-state index < -0.39 is 22.7 Å². The number of rotatable bonds is 5. The van der Waals surface area contributed by atoms with E-state index in [4.69, 9.17) is 10.3 Å². The summed E-state index contributed by atoms with van der Waals surface area (Å²) in [6, 6.07) is 5.80. The Bertz CT molecular complexity index is 516. The lowest BCUT2D eigenvalue weighted by atomic mass is 10.3. The molecule has 0 fully saturated rings. The van der Waals surface area contributed by atoms with Crippen molar-refractivity contribution in [2.45, 2.75) is 11.8 Å². The molecule has 0 bridgehead atoms. The van der Waals surface area contributed by atoms with Crippen LogP contribution in [0.1, 0.15) is 6.92 Å². The summed E-state index contributed by atoms with van der Waals surface area (Å²) < 4.78 is 40.8. The third kappa shape index (κ3) is 3.56. The van der Waals surface area contributed by atoms with E-state index in [0.717, 1.165) is 0 Å². The van der Waals surface area contributed by atoms with Gasteiger partial charge in [-0.25, -0.2) is 8.42 Å². The molecule has 1 atom stereocenters. The highest BCUT2D eigenvalue weighted by Crippen LogP contribution is 2.47. The second-order valence-electron chi connectivity index (χ2n) is 3.63. The fraction of sp³-hybridized carbons (Fsp3) is 0.400. The van der Waals surface area contributed by atoms with Crippen molar-refractivity contribution in [1.29, 1.82) is 0 Å². The zero-order valence-corrected chi connectivity index (χ0v) is 11.5. The zero-order chi connectivity index (χ0) is 13.1. The number of hydrogen-bond acceptors (Lipinski definition) is 5. The van der Waals surface area contributed by atoms with Crippen LogP contribution in [0.25, 0.3) is 0 Å². The Morgan fingerprint density at radius 3 is 2.24 bits per heavy atom. The van der Waals surface area contributed by atoms with Crippen LogP contribution in [0.2, 0.25) is 0 Å². The molecule has 1 unspecified atom stereocenters. The van der Waals surface area contributed by atoms with Gasteiger partial charge in [0.2, 0.25) is 7.37 Å². The van der Waals surface area contributed by atoms with Crippen molar-refractivity contribution in [3.8, 4) is 0 Å². The highest BCUT2D eigenvalue weighted by molar-refractivity contribution is 7.98.